The number of carbonyl (C=O) groups excluding carboxylic acids is 1. The molecule has 6 nitrogen and oxygen atoms in total. The summed E-state index contributed by atoms with van der Waals surface area (Å²) in [6.45, 7) is 10.4. The van der Waals surface area contributed by atoms with Crippen LogP contribution in [0.4, 0.5) is 0 Å². The second-order valence-corrected chi connectivity index (χ2v) is 5.54. The van der Waals surface area contributed by atoms with Crippen LogP contribution in [0.15, 0.2) is 4.99 Å². The van der Waals surface area contributed by atoms with Gasteiger partial charge < -0.3 is 21.3 Å². The standard InChI is InChI=1S/C14H31N5O/c1-5-19(4,6-2)11-10-18-14(20)13(16)8-7-9-17-12(3)15/h13H,5-11,16H2,1-4H3,(H2-,15,17,18,20)/p+1/t13-/m1/s1. The highest BCUT2D eigenvalue weighted by atomic mass is 16.2. The number of likely N-dealkylation sites (N-methyl/N-ethyl adjacent to an activating group) is 1. The number of nitrogens with zero attached hydrogens (tertiary/aromatic N) is 2. The summed E-state index contributed by atoms with van der Waals surface area (Å²) in [5, 5.41) is 2.92. The molecule has 5 N–H and O–H groups in total. The van der Waals surface area contributed by atoms with Crippen molar-refractivity contribution in [3.63, 3.8) is 0 Å². The van der Waals surface area contributed by atoms with Gasteiger partial charge in [0.1, 0.15) is 0 Å². The summed E-state index contributed by atoms with van der Waals surface area (Å²) in [5.41, 5.74) is 11.3. The quantitative estimate of drug-likeness (QED) is 0.230. The Labute approximate surface area is 123 Å². The maximum atomic E-state index is 11.8. The first-order valence-electron chi connectivity index (χ1n) is 7.48. The van der Waals surface area contributed by atoms with Gasteiger partial charge in [0.25, 0.3) is 0 Å². The van der Waals surface area contributed by atoms with Crippen LogP contribution in [-0.2, 0) is 4.79 Å². The fourth-order valence-electron chi connectivity index (χ4n) is 1.82. The van der Waals surface area contributed by atoms with Crippen LogP contribution in [0.2, 0.25) is 0 Å². The molecule has 0 aliphatic heterocycles. The molecular weight excluding hydrogens is 254 g/mol. The molecule has 6 heteroatoms. The summed E-state index contributed by atoms with van der Waals surface area (Å²) in [6.07, 6.45) is 1.41. The molecule has 0 spiro atoms. The number of amidine groups is 1. The van der Waals surface area contributed by atoms with E-state index in [0.717, 1.165) is 30.5 Å². The van der Waals surface area contributed by atoms with Crippen LogP contribution in [0.1, 0.15) is 33.6 Å². The Bertz CT molecular complexity index is 309. The van der Waals surface area contributed by atoms with Gasteiger partial charge in [-0.1, -0.05) is 0 Å². The highest BCUT2D eigenvalue weighted by Gasteiger charge is 2.17. The van der Waals surface area contributed by atoms with Crippen LogP contribution in [0.5, 0.6) is 0 Å². The van der Waals surface area contributed by atoms with Gasteiger partial charge in [0.15, 0.2) is 0 Å². The van der Waals surface area contributed by atoms with Gasteiger partial charge in [0.05, 0.1) is 45.1 Å². The smallest absolute Gasteiger partial charge is 0.237 e. The average molecular weight is 286 g/mol. The fraction of sp³-hybridized carbons (Fsp3) is 0.857. The van der Waals surface area contributed by atoms with E-state index in [1.807, 2.05) is 0 Å². The maximum absolute atomic E-state index is 11.8. The van der Waals surface area contributed by atoms with Gasteiger partial charge >= 0.3 is 0 Å². The molecule has 0 aromatic heterocycles. The summed E-state index contributed by atoms with van der Waals surface area (Å²) in [4.78, 5) is 15.9. The molecule has 0 unspecified atom stereocenters. The van der Waals surface area contributed by atoms with Gasteiger partial charge in [-0.15, -0.1) is 0 Å². The first-order valence-corrected chi connectivity index (χ1v) is 7.48. The summed E-state index contributed by atoms with van der Waals surface area (Å²) < 4.78 is 0.958. The van der Waals surface area contributed by atoms with E-state index in [-0.39, 0.29) is 5.91 Å². The largest absolute Gasteiger partial charge is 0.388 e. The topological polar surface area (TPSA) is 93.5 Å². The van der Waals surface area contributed by atoms with E-state index >= 15 is 0 Å². The van der Waals surface area contributed by atoms with Crippen molar-refractivity contribution in [3.8, 4) is 0 Å². The zero-order chi connectivity index (χ0) is 15.6. The first-order chi connectivity index (χ1) is 9.34. The molecule has 0 aliphatic carbocycles. The van der Waals surface area contributed by atoms with Gasteiger partial charge in [0.2, 0.25) is 5.91 Å². The van der Waals surface area contributed by atoms with Crippen LogP contribution in [-0.4, -0.2) is 62.0 Å². The van der Waals surface area contributed by atoms with Crippen LogP contribution < -0.4 is 16.8 Å². The molecule has 118 valence electrons. The average Bonchev–Trinajstić information content (AvgIpc) is 2.42. The van der Waals surface area contributed by atoms with Crippen molar-refractivity contribution >= 4 is 11.7 Å². The Kier molecular flexibility index (Phi) is 9.16. The highest BCUT2D eigenvalue weighted by Crippen LogP contribution is 2.00. The minimum atomic E-state index is -0.453. The SMILES string of the molecule is CC[N+](C)(CC)CCNC(=O)[C@H](N)CCCN=C(C)N. The number of carbonyl (C=O) groups is 1. The van der Waals surface area contributed by atoms with Gasteiger partial charge in [-0.3, -0.25) is 9.79 Å². The van der Waals surface area contributed by atoms with E-state index in [9.17, 15) is 4.79 Å². The third-order valence-corrected chi connectivity index (χ3v) is 3.85. The third-order valence-electron chi connectivity index (χ3n) is 3.85. The molecule has 20 heavy (non-hydrogen) atoms. The normalized spacial score (nSPS) is 14.2. The molecular formula is C14H32N5O+. The minimum absolute atomic E-state index is 0.0720. The van der Waals surface area contributed by atoms with Gasteiger partial charge in [-0.2, -0.15) is 0 Å². The highest BCUT2D eigenvalue weighted by molar-refractivity contribution is 5.81. The number of nitrogens with one attached hydrogen (secondary N) is 1. The predicted octanol–water partition coefficient (Wildman–Crippen LogP) is 0.0736. The number of hydrogen-bond acceptors (Lipinski definition) is 3. The zero-order valence-corrected chi connectivity index (χ0v) is 13.5. The molecule has 0 radical (unpaired) electrons. The zero-order valence-electron chi connectivity index (χ0n) is 13.5. The molecule has 0 aromatic rings. The summed E-state index contributed by atoms with van der Waals surface area (Å²) in [5.74, 6) is 0.497. The first kappa shape index (κ1) is 18.9. The Hall–Kier alpha value is -1.14. The molecule has 0 heterocycles. The molecule has 1 amide bonds. The Morgan fingerprint density at radius 3 is 2.45 bits per heavy atom. The molecule has 0 saturated carbocycles. The monoisotopic (exact) mass is 286 g/mol. The molecule has 0 aliphatic rings. The van der Waals surface area contributed by atoms with E-state index in [2.05, 4.69) is 31.2 Å². The number of nitrogens with two attached hydrogens (primary N) is 2. The number of amides is 1. The number of aliphatic imine (C=N–C) groups is 1. The molecule has 0 bridgehead atoms. The lowest BCUT2D eigenvalue weighted by Crippen LogP contribution is -2.50. The summed E-state index contributed by atoms with van der Waals surface area (Å²) >= 11 is 0. The number of quaternary nitrogens is 1. The molecule has 1 atom stereocenters. The van der Waals surface area contributed by atoms with Crippen molar-refractivity contribution in [2.24, 2.45) is 16.5 Å². The maximum Gasteiger partial charge on any atom is 0.237 e. The van der Waals surface area contributed by atoms with Gasteiger partial charge in [-0.05, 0) is 33.6 Å². The number of rotatable bonds is 10. The number of hydrogen-bond donors (Lipinski definition) is 3. The van der Waals surface area contributed by atoms with Gasteiger partial charge in [0, 0.05) is 6.54 Å². The second-order valence-electron chi connectivity index (χ2n) is 5.54. The Morgan fingerprint density at radius 1 is 1.35 bits per heavy atom. The lowest BCUT2D eigenvalue weighted by molar-refractivity contribution is -0.904. The second kappa shape index (κ2) is 9.72. The van der Waals surface area contributed by atoms with Crippen molar-refractivity contribution in [1.82, 2.24) is 5.32 Å². The molecule has 0 aromatic carbocycles. The lowest BCUT2D eigenvalue weighted by atomic mass is 10.1. The summed E-state index contributed by atoms with van der Waals surface area (Å²) in [7, 11) is 2.19. The van der Waals surface area contributed by atoms with Crippen molar-refractivity contribution in [1.29, 1.82) is 0 Å². The molecule has 0 fully saturated rings. The summed E-state index contributed by atoms with van der Waals surface area (Å²) in [6, 6.07) is -0.453. The minimum Gasteiger partial charge on any atom is -0.388 e. The molecule has 0 rings (SSSR count). The van der Waals surface area contributed by atoms with E-state index in [1.54, 1.807) is 6.92 Å². The van der Waals surface area contributed by atoms with Crippen molar-refractivity contribution in [3.05, 3.63) is 0 Å². The van der Waals surface area contributed by atoms with Crippen LogP contribution >= 0.6 is 0 Å². The third kappa shape index (κ3) is 8.12. The van der Waals surface area contributed by atoms with Gasteiger partial charge in [-0.25, -0.2) is 0 Å². The van der Waals surface area contributed by atoms with Crippen LogP contribution in [0, 0.1) is 0 Å². The Balaban J connectivity index is 3.88. The van der Waals surface area contributed by atoms with Crippen LogP contribution in [0.3, 0.4) is 0 Å². The Morgan fingerprint density at radius 2 is 1.95 bits per heavy atom. The molecule has 0 saturated heterocycles. The van der Waals surface area contributed by atoms with Crippen molar-refractivity contribution in [2.45, 2.75) is 39.7 Å². The van der Waals surface area contributed by atoms with Crippen molar-refractivity contribution < 1.29 is 9.28 Å². The van der Waals surface area contributed by atoms with E-state index in [1.165, 1.54) is 0 Å². The predicted molar refractivity (Wildman–Crippen MR) is 84.5 cm³/mol. The van der Waals surface area contributed by atoms with Crippen molar-refractivity contribution in [2.75, 3.05) is 39.8 Å². The van der Waals surface area contributed by atoms with E-state index in [0.29, 0.717) is 25.3 Å². The van der Waals surface area contributed by atoms with E-state index in [4.69, 9.17) is 11.5 Å². The lowest BCUT2D eigenvalue weighted by Gasteiger charge is -2.32. The van der Waals surface area contributed by atoms with E-state index < -0.39 is 6.04 Å². The van der Waals surface area contributed by atoms with Crippen LogP contribution in [0.25, 0.3) is 0 Å². The fourth-order valence-corrected chi connectivity index (χ4v) is 1.82.